The molecule has 0 aliphatic heterocycles. The van der Waals surface area contributed by atoms with Gasteiger partial charge >= 0.3 is 36.8 Å². The average molecular weight is 597 g/mol. The van der Waals surface area contributed by atoms with E-state index in [1.807, 2.05) is 0 Å². The molecular weight excluding hydrogens is 586 g/mol. The Morgan fingerprint density at radius 1 is 0.700 bits per heavy atom. The minimum Gasteiger partial charge on any atom is -0.478 e. The van der Waals surface area contributed by atoms with Crippen LogP contribution in [0.4, 0.5) is 52.7 Å². The molecule has 0 aliphatic rings. The molecule has 7 nitrogen and oxygen atoms in total. The maximum Gasteiger partial charge on any atom is 0.453 e. The fourth-order valence-corrected chi connectivity index (χ4v) is 3.05. The molecular formula is C21H11F12N3O4. The van der Waals surface area contributed by atoms with Crippen molar-refractivity contribution in [2.75, 3.05) is 0 Å². The summed E-state index contributed by atoms with van der Waals surface area (Å²) in [7, 11) is 0. The Bertz CT molecular complexity index is 1250. The van der Waals surface area contributed by atoms with Crippen molar-refractivity contribution in [2.24, 2.45) is 0 Å². The summed E-state index contributed by atoms with van der Waals surface area (Å²) in [5.41, 5.74) is -6.75. The second-order valence-corrected chi connectivity index (χ2v) is 7.08. The second kappa shape index (κ2) is 12.2. The summed E-state index contributed by atoms with van der Waals surface area (Å²) >= 11 is 0. The number of carbonyl (C=O) groups is 1. The van der Waals surface area contributed by atoms with E-state index in [-0.39, 0.29) is 6.15 Å². The lowest BCUT2D eigenvalue weighted by molar-refractivity contribution is -0.288. The van der Waals surface area contributed by atoms with Gasteiger partial charge in [0.25, 0.3) is 5.82 Å². The van der Waals surface area contributed by atoms with Gasteiger partial charge in [0, 0.05) is 0 Å². The number of nitrogens with zero attached hydrogens (tertiary/aromatic N) is 2. The van der Waals surface area contributed by atoms with Crippen LogP contribution in [0.1, 0.15) is 33.1 Å². The summed E-state index contributed by atoms with van der Waals surface area (Å²) in [6, 6.07) is 7.45. The third-order valence-corrected chi connectivity index (χ3v) is 4.63. The van der Waals surface area contributed by atoms with E-state index in [9.17, 15) is 57.5 Å². The molecule has 0 spiro atoms. The molecule has 0 radical (unpaired) electrons. The molecule has 19 heteroatoms. The zero-order valence-electron chi connectivity index (χ0n) is 18.8. The molecule has 40 heavy (non-hydrogen) atoms. The van der Waals surface area contributed by atoms with Gasteiger partial charge < -0.3 is 5.11 Å². The largest absolute Gasteiger partial charge is 0.478 e. The molecule has 1 heterocycles. The van der Waals surface area contributed by atoms with Gasteiger partial charge in [-0.15, -0.1) is 5.10 Å². The third kappa shape index (κ3) is 7.58. The lowest BCUT2D eigenvalue weighted by Crippen LogP contribution is -2.54. The Morgan fingerprint density at radius 2 is 1.12 bits per heavy atom. The lowest BCUT2D eigenvalue weighted by atomic mass is 9.73. The number of benzene rings is 2. The summed E-state index contributed by atoms with van der Waals surface area (Å²) in [6.07, 6.45) is -21.0. The number of hydrogen-bond donors (Lipinski definition) is 2. The van der Waals surface area contributed by atoms with Crippen LogP contribution in [0.15, 0.2) is 54.6 Å². The zero-order valence-corrected chi connectivity index (χ0v) is 18.8. The van der Waals surface area contributed by atoms with Crippen molar-refractivity contribution >= 4 is 12.1 Å². The monoisotopic (exact) mass is 597 g/mol. The molecule has 0 unspecified atom stereocenters. The average Bonchev–Trinajstić information content (AvgIpc) is 3.32. The van der Waals surface area contributed by atoms with Gasteiger partial charge in [0.05, 0.1) is 5.56 Å². The van der Waals surface area contributed by atoms with Gasteiger partial charge in [-0.3, -0.25) is 5.10 Å². The van der Waals surface area contributed by atoms with Crippen LogP contribution in [0.5, 0.6) is 0 Å². The van der Waals surface area contributed by atoms with E-state index in [2.05, 4.69) is 10.1 Å². The Balaban J connectivity index is 0.000000420. The molecule has 2 N–H and O–H groups in total. The second-order valence-electron chi connectivity index (χ2n) is 7.08. The Hall–Kier alpha value is -4.41. The van der Waals surface area contributed by atoms with Crippen LogP contribution in [0, 0.1) is 0 Å². The number of aromatic carboxylic acids is 1. The van der Waals surface area contributed by atoms with Crippen LogP contribution in [-0.4, -0.2) is 44.8 Å². The highest BCUT2D eigenvalue weighted by molar-refractivity contribution is 5.87. The molecule has 0 saturated carbocycles. The third-order valence-electron chi connectivity index (χ3n) is 4.63. The van der Waals surface area contributed by atoms with Crippen LogP contribution in [0.25, 0.3) is 0 Å². The number of hydrogen-bond acceptors (Lipinski definition) is 5. The standard InChI is InChI=1S/C16H10F6O2.C4HF6N3.CO2/c17-15(18,19)14(16(20,21)22,11-4-2-1-3-5-11)12-8-6-10(7-9-12)13(23)24;5-3(6,7)1-11-2(13-12-1)4(8,9)10;2-1-3/h1-9H,(H,23,24);(H,11,12,13);. The maximum absolute atomic E-state index is 13.7. The normalized spacial score (nSPS) is 12.3. The molecule has 0 saturated heterocycles. The molecule has 3 rings (SSSR count). The summed E-state index contributed by atoms with van der Waals surface area (Å²) in [4.78, 5) is 29.3. The van der Waals surface area contributed by atoms with E-state index in [1.165, 1.54) is 6.07 Å². The highest BCUT2D eigenvalue weighted by atomic mass is 19.4. The number of carbonyl (C=O) groups excluding carboxylic acids is 2. The number of carboxylic acid groups (broad SMARTS) is 1. The molecule has 0 fully saturated rings. The molecule has 0 amide bonds. The van der Waals surface area contributed by atoms with E-state index >= 15 is 0 Å². The minimum atomic E-state index is -5.68. The Morgan fingerprint density at radius 3 is 1.43 bits per heavy atom. The summed E-state index contributed by atoms with van der Waals surface area (Å²) < 4.78 is 152. The number of carboxylic acids is 1. The van der Waals surface area contributed by atoms with Crippen molar-refractivity contribution in [1.29, 1.82) is 0 Å². The number of rotatable bonds is 3. The number of nitrogens with one attached hydrogen (secondary N) is 1. The van der Waals surface area contributed by atoms with Crippen molar-refractivity contribution in [3.63, 3.8) is 0 Å². The van der Waals surface area contributed by atoms with Gasteiger partial charge in [0.2, 0.25) is 11.2 Å². The molecule has 3 aromatic rings. The van der Waals surface area contributed by atoms with E-state index in [1.54, 1.807) is 0 Å². The van der Waals surface area contributed by atoms with Crippen LogP contribution >= 0.6 is 0 Å². The summed E-state index contributed by atoms with van der Waals surface area (Å²) in [6.45, 7) is 0. The molecule has 218 valence electrons. The molecule has 0 bridgehead atoms. The number of aromatic nitrogens is 3. The van der Waals surface area contributed by atoms with Gasteiger partial charge in [-0.2, -0.15) is 67.3 Å². The fourth-order valence-electron chi connectivity index (χ4n) is 3.05. The van der Waals surface area contributed by atoms with Crippen LogP contribution in [-0.2, 0) is 27.4 Å². The smallest absolute Gasteiger partial charge is 0.453 e. The van der Waals surface area contributed by atoms with E-state index < -0.39 is 64.4 Å². The quantitative estimate of drug-likeness (QED) is 0.356. The number of alkyl halides is 12. The predicted octanol–water partition coefficient (Wildman–Crippen LogP) is 6.05. The van der Waals surface area contributed by atoms with E-state index in [4.69, 9.17) is 14.7 Å². The molecule has 0 atom stereocenters. The lowest BCUT2D eigenvalue weighted by Gasteiger charge is -2.38. The van der Waals surface area contributed by atoms with Gasteiger partial charge in [-0.25, -0.2) is 4.79 Å². The van der Waals surface area contributed by atoms with Gasteiger partial charge in [0.1, 0.15) is 0 Å². The fraction of sp³-hybridized carbons (Fsp3) is 0.238. The maximum atomic E-state index is 13.7. The Labute approximate surface area is 213 Å². The SMILES string of the molecule is FC(F)(F)c1n[nH]c(C(F)(F)F)n1.O=C(O)c1ccc(C(c2ccccc2)(C(F)(F)F)C(F)(F)F)cc1.O=C=O. The van der Waals surface area contributed by atoms with Gasteiger partial charge in [0.15, 0.2) is 0 Å². The first-order valence-corrected chi connectivity index (χ1v) is 9.73. The summed E-state index contributed by atoms with van der Waals surface area (Å²) in [5.74, 6) is -5.05. The molecule has 2 aromatic carbocycles. The first-order valence-electron chi connectivity index (χ1n) is 9.73. The van der Waals surface area contributed by atoms with Crippen LogP contribution in [0.3, 0.4) is 0 Å². The van der Waals surface area contributed by atoms with Crippen molar-refractivity contribution in [3.8, 4) is 0 Å². The first kappa shape index (κ1) is 33.6. The molecule has 0 aliphatic carbocycles. The predicted molar refractivity (Wildman–Crippen MR) is 104 cm³/mol. The van der Waals surface area contributed by atoms with Crippen molar-refractivity contribution in [1.82, 2.24) is 15.2 Å². The van der Waals surface area contributed by atoms with Crippen LogP contribution < -0.4 is 0 Å². The summed E-state index contributed by atoms with van der Waals surface area (Å²) in [5, 5.41) is 12.3. The van der Waals surface area contributed by atoms with Gasteiger partial charge in [-0.1, -0.05) is 42.5 Å². The van der Waals surface area contributed by atoms with E-state index in [0.29, 0.717) is 24.3 Å². The first-order chi connectivity index (χ1) is 18.1. The topological polar surface area (TPSA) is 113 Å². The Kier molecular flexibility index (Phi) is 10.2. The number of H-pyrrole nitrogens is 1. The highest BCUT2D eigenvalue weighted by Gasteiger charge is 2.72. The number of aromatic amines is 1. The molecule has 1 aromatic heterocycles. The van der Waals surface area contributed by atoms with Crippen LogP contribution in [0.2, 0.25) is 0 Å². The van der Waals surface area contributed by atoms with Crippen molar-refractivity contribution in [2.45, 2.75) is 30.1 Å². The van der Waals surface area contributed by atoms with E-state index in [0.717, 1.165) is 29.4 Å². The minimum absolute atomic E-state index is 0.250. The highest BCUT2D eigenvalue weighted by Crippen LogP contribution is 2.56. The van der Waals surface area contributed by atoms with Crippen molar-refractivity contribution < 1.29 is 72.2 Å². The number of halogens is 12. The zero-order chi connectivity index (χ0) is 31.2. The van der Waals surface area contributed by atoms with Crippen molar-refractivity contribution in [3.05, 3.63) is 82.9 Å². The van der Waals surface area contributed by atoms with Gasteiger partial charge in [-0.05, 0) is 23.3 Å².